The highest BCUT2D eigenvalue weighted by atomic mass is 19.1. The van der Waals surface area contributed by atoms with E-state index in [0.717, 1.165) is 36.3 Å². The number of aromatic nitrogens is 1. The summed E-state index contributed by atoms with van der Waals surface area (Å²) in [6.45, 7) is 0.784. The third-order valence-corrected chi connectivity index (χ3v) is 3.13. The largest absolute Gasteiger partial charge is 0.326 e. The van der Waals surface area contributed by atoms with E-state index in [1.807, 2.05) is 11.0 Å². The van der Waals surface area contributed by atoms with Crippen molar-refractivity contribution in [2.45, 2.75) is 6.42 Å². The molecule has 90 valence electrons. The molecule has 0 bridgehead atoms. The first kappa shape index (κ1) is 10.9. The zero-order valence-electron chi connectivity index (χ0n) is 9.64. The van der Waals surface area contributed by atoms with Gasteiger partial charge in [-0.05, 0) is 36.2 Å². The summed E-state index contributed by atoms with van der Waals surface area (Å²) in [6.07, 6.45) is 3.17. The summed E-state index contributed by atoms with van der Waals surface area (Å²) in [7, 11) is 0. The monoisotopic (exact) mass is 242 g/mol. The second-order valence-electron chi connectivity index (χ2n) is 4.24. The molecule has 1 aromatic carbocycles. The Labute approximate surface area is 104 Å². The lowest BCUT2D eigenvalue weighted by molar-refractivity contribution is 0.112. The van der Waals surface area contributed by atoms with Crippen molar-refractivity contribution in [3.8, 4) is 0 Å². The Hall–Kier alpha value is -2.23. The quantitative estimate of drug-likeness (QED) is 0.759. The van der Waals surface area contributed by atoms with Gasteiger partial charge in [0.15, 0.2) is 6.29 Å². The van der Waals surface area contributed by atoms with E-state index in [4.69, 9.17) is 0 Å². The molecule has 3 nitrogen and oxygen atoms in total. The van der Waals surface area contributed by atoms with Crippen LogP contribution < -0.4 is 4.90 Å². The zero-order chi connectivity index (χ0) is 12.5. The first-order valence-electron chi connectivity index (χ1n) is 5.75. The lowest BCUT2D eigenvalue weighted by Crippen LogP contribution is -2.14. The first-order chi connectivity index (χ1) is 8.78. The number of fused-ring (bicyclic) bond motifs is 1. The fourth-order valence-electron chi connectivity index (χ4n) is 2.22. The number of carbonyl (C=O) groups excluding carboxylic acids is 1. The third-order valence-electron chi connectivity index (χ3n) is 3.13. The molecule has 0 aliphatic carbocycles. The Kier molecular flexibility index (Phi) is 2.55. The zero-order valence-corrected chi connectivity index (χ0v) is 9.64. The maximum Gasteiger partial charge on any atom is 0.151 e. The van der Waals surface area contributed by atoms with Crippen LogP contribution >= 0.6 is 0 Å². The number of nitrogens with zero attached hydrogens (tertiary/aromatic N) is 2. The molecule has 0 unspecified atom stereocenters. The van der Waals surface area contributed by atoms with Crippen LogP contribution in [0.2, 0.25) is 0 Å². The SMILES string of the molecule is O=Cc1ccc(N2CCc3ccc(F)cc32)nc1. The summed E-state index contributed by atoms with van der Waals surface area (Å²) in [5.74, 6) is 0.495. The van der Waals surface area contributed by atoms with Crippen molar-refractivity contribution in [1.29, 1.82) is 0 Å². The number of benzene rings is 1. The van der Waals surface area contributed by atoms with Crippen molar-refractivity contribution in [3.05, 3.63) is 53.5 Å². The number of hydrogen-bond acceptors (Lipinski definition) is 3. The summed E-state index contributed by atoms with van der Waals surface area (Å²) in [5, 5.41) is 0. The minimum absolute atomic E-state index is 0.245. The van der Waals surface area contributed by atoms with Crippen molar-refractivity contribution in [2.24, 2.45) is 0 Å². The van der Waals surface area contributed by atoms with Crippen LogP contribution in [-0.4, -0.2) is 17.8 Å². The van der Waals surface area contributed by atoms with Gasteiger partial charge in [-0.15, -0.1) is 0 Å². The van der Waals surface area contributed by atoms with Gasteiger partial charge >= 0.3 is 0 Å². The van der Waals surface area contributed by atoms with E-state index in [-0.39, 0.29) is 5.82 Å². The highest BCUT2D eigenvalue weighted by Gasteiger charge is 2.21. The molecule has 1 aliphatic heterocycles. The summed E-state index contributed by atoms with van der Waals surface area (Å²) >= 11 is 0. The Bertz CT molecular complexity index is 595. The van der Waals surface area contributed by atoms with Crippen molar-refractivity contribution in [3.63, 3.8) is 0 Å². The molecule has 18 heavy (non-hydrogen) atoms. The lowest BCUT2D eigenvalue weighted by Gasteiger charge is -2.18. The molecule has 2 aromatic rings. The second-order valence-corrected chi connectivity index (χ2v) is 4.24. The molecule has 3 rings (SSSR count). The van der Waals surface area contributed by atoms with Gasteiger partial charge in [0.2, 0.25) is 0 Å². The predicted octanol–water partition coefficient (Wildman–Crippen LogP) is 2.73. The molecule has 0 saturated heterocycles. The molecule has 0 radical (unpaired) electrons. The number of rotatable bonds is 2. The Morgan fingerprint density at radius 2 is 2.17 bits per heavy atom. The topological polar surface area (TPSA) is 33.2 Å². The van der Waals surface area contributed by atoms with E-state index in [2.05, 4.69) is 4.98 Å². The number of carbonyl (C=O) groups is 1. The fraction of sp³-hybridized carbons (Fsp3) is 0.143. The van der Waals surface area contributed by atoms with Crippen LogP contribution in [-0.2, 0) is 6.42 Å². The van der Waals surface area contributed by atoms with E-state index in [1.165, 1.54) is 18.3 Å². The van der Waals surface area contributed by atoms with Crippen LogP contribution in [0.4, 0.5) is 15.9 Å². The van der Waals surface area contributed by atoms with Gasteiger partial charge in [0.05, 0.1) is 0 Å². The molecule has 0 spiro atoms. The fourth-order valence-corrected chi connectivity index (χ4v) is 2.22. The van der Waals surface area contributed by atoms with E-state index in [9.17, 15) is 9.18 Å². The van der Waals surface area contributed by atoms with Crippen LogP contribution in [0.3, 0.4) is 0 Å². The number of halogens is 1. The van der Waals surface area contributed by atoms with Gasteiger partial charge in [0, 0.05) is 24.0 Å². The van der Waals surface area contributed by atoms with Crippen molar-refractivity contribution in [2.75, 3.05) is 11.4 Å². The minimum Gasteiger partial charge on any atom is -0.326 e. The average molecular weight is 242 g/mol. The van der Waals surface area contributed by atoms with E-state index in [0.29, 0.717) is 5.56 Å². The maximum atomic E-state index is 13.3. The third kappa shape index (κ3) is 1.76. The Morgan fingerprint density at radius 1 is 1.28 bits per heavy atom. The van der Waals surface area contributed by atoms with Crippen LogP contribution in [0.25, 0.3) is 0 Å². The number of aldehydes is 1. The smallest absolute Gasteiger partial charge is 0.151 e. The van der Waals surface area contributed by atoms with Gasteiger partial charge in [0.25, 0.3) is 0 Å². The van der Waals surface area contributed by atoms with E-state index in [1.54, 1.807) is 12.1 Å². The highest BCUT2D eigenvalue weighted by molar-refractivity contribution is 5.75. The maximum absolute atomic E-state index is 13.3. The number of hydrogen-bond donors (Lipinski definition) is 0. The number of anilines is 2. The van der Waals surface area contributed by atoms with Crippen LogP contribution in [0.15, 0.2) is 36.5 Å². The molecule has 1 aromatic heterocycles. The molecular weight excluding hydrogens is 231 g/mol. The van der Waals surface area contributed by atoms with Gasteiger partial charge in [0.1, 0.15) is 11.6 Å². The first-order valence-corrected chi connectivity index (χ1v) is 5.75. The average Bonchev–Trinajstić information content (AvgIpc) is 2.82. The van der Waals surface area contributed by atoms with E-state index >= 15 is 0 Å². The lowest BCUT2D eigenvalue weighted by atomic mass is 10.2. The predicted molar refractivity (Wildman–Crippen MR) is 66.7 cm³/mol. The van der Waals surface area contributed by atoms with Crippen LogP contribution in [0, 0.1) is 5.82 Å². The molecule has 2 heterocycles. The normalized spacial score (nSPS) is 13.5. The Balaban J connectivity index is 1.99. The summed E-state index contributed by atoms with van der Waals surface area (Å²) in [6, 6.07) is 8.31. The van der Waals surface area contributed by atoms with Crippen molar-refractivity contribution in [1.82, 2.24) is 4.98 Å². The summed E-state index contributed by atoms with van der Waals surface area (Å²) < 4.78 is 13.3. The van der Waals surface area contributed by atoms with Gasteiger partial charge in [-0.25, -0.2) is 9.37 Å². The van der Waals surface area contributed by atoms with Gasteiger partial charge < -0.3 is 4.90 Å². The van der Waals surface area contributed by atoms with Gasteiger partial charge in [-0.2, -0.15) is 0 Å². The molecule has 0 amide bonds. The standard InChI is InChI=1S/C14H11FN2O/c15-12-3-2-11-5-6-17(13(11)7-12)14-4-1-10(9-18)8-16-14/h1-4,7-9H,5-6H2. The van der Waals surface area contributed by atoms with Gasteiger partial charge in [-0.3, -0.25) is 4.79 Å². The molecule has 0 N–H and O–H groups in total. The summed E-state index contributed by atoms with van der Waals surface area (Å²) in [4.78, 5) is 16.8. The van der Waals surface area contributed by atoms with Crippen LogP contribution in [0.1, 0.15) is 15.9 Å². The molecule has 4 heteroatoms. The highest BCUT2D eigenvalue weighted by Crippen LogP contribution is 2.33. The molecule has 0 saturated carbocycles. The van der Waals surface area contributed by atoms with E-state index < -0.39 is 0 Å². The summed E-state index contributed by atoms with van der Waals surface area (Å²) in [5.41, 5.74) is 2.52. The Morgan fingerprint density at radius 3 is 2.89 bits per heavy atom. The van der Waals surface area contributed by atoms with Gasteiger partial charge in [-0.1, -0.05) is 6.07 Å². The van der Waals surface area contributed by atoms with Crippen molar-refractivity contribution >= 4 is 17.8 Å². The number of pyridine rings is 1. The molecule has 0 atom stereocenters. The second kappa shape index (κ2) is 4.22. The minimum atomic E-state index is -0.245. The molecular formula is C14H11FN2O. The van der Waals surface area contributed by atoms with Crippen LogP contribution in [0.5, 0.6) is 0 Å². The van der Waals surface area contributed by atoms with Crippen molar-refractivity contribution < 1.29 is 9.18 Å². The molecule has 1 aliphatic rings. The molecule has 0 fully saturated rings.